The van der Waals surface area contributed by atoms with Crippen LogP contribution in [0.25, 0.3) is 21.8 Å². The fourth-order valence-corrected chi connectivity index (χ4v) is 3.32. The molecule has 1 heterocycles. The number of aromatic nitrogens is 2. The molecule has 0 aliphatic rings. The van der Waals surface area contributed by atoms with Crippen LogP contribution < -0.4 is 10.1 Å². The molecule has 0 fully saturated rings. The summed E-state index contributed by atoms with van der Waals surface area (Å²) in [6.07, 6.45) is 1.26. The summed E-state index contributed by atoms with van der Waals surface area (Å²) in [5.74, 6) is 1.44. The SMILES string of the molecule is C=CC(=O)NCc1nc2ccccc2n1CCOc1cccc2ccccc12. The molecule has 5 heteroatoms. The van der Waals surface area contributed by atoms with Gasteiger partial charge < -0.3 is 14.6 Å². The van der Waals surface area contributed by atoms with Gasteiger partial charge in [-0.1, -0.05) is 55.1 Å². The highest BCUT2D eigenvalue weighted by Crippen LogP contribution is 2.25. The van der Waals surface area contributed by atoms with Crippen molar-refractivity contribution in [2.24, 2.45) is 0 Å². The maximum Gasteiger partial charge on any atom is 0.243 e. The van der Waals surface area contributed by atoms with Crippen molar-refractivity contribution >= 4 is 27.7 Å². The van der Waals surface area contributed by atoms with E-state index in [1.165, 1.54) is 6.08 Å². The third kappa shape index (κ3) is 3.60. The van der Waals surface area contributed by atoms with Crippen LogP contribution >= 0.6 is 0 Å². The van der Waals surface area contributed by atoms with Gasteiger partial charge >= 0.3 is 0 Å². The molecule has 0 spiro atoms. The molecule has 0 unspecified atom stereocenters. The highest BCUT2D eigenvalue weighted by Gasteiger charge is 2.11. The van der Waals surface area contributed by atoms with Crippen LogP contribution in [0.2, 0.25) is 0 Å². The van der Waals surface area contributed by atoms with Gasteiger partial charge in [0.15, 0.2) is 0 Å². The van der Waals surface area contributed by atoms with E-state index in [1.54, 1.807) is 0 Å². The van der Waals surface area contributed by atoms with E-state index in [0.29, 0.717) is 19.7 Å². The number of nitrogens with one attached hydrogen (secondary N) is 1. The Bertz CT molecular complexity index is 1140. The summed E-state index contributed by atoms with van der Waals surface area (Å²) in [5, 5.41) is 5.05. The van der Waals surface area contributed by atoms with Crippen molar-refractivity contribution in [2.75, 3.05) is 6.61 Å². The second-order valence-electron chi connectivity index (χ2n) is 6.42. The van der Waals surface area contributed by atoms with Gasteiger partial charge in [0.2, 0.25) is 5.91 Å². The minimum Gasteiger partial charge on any atom is -0.491 e. The Labute approximate surface area is 163 Å². The van der Waals surface area contributed by atoms with Crippen molar-refractivity contribution in [3.63, 3.8) is 0 Å². The summed E-state index contributed by atoms with van der Waals surface area (Å²) in [7, 11) is 0. The molecule has 1 aromatic heterocycles. The minimum absolute atomic E-state index is 0.217. The molecule has 0 saturated heterocycles. The van der Waals surface area contributed by atoms with Gasteiger partial charge in [-0.3, -0.25) is 4.79 Å². The summed E-state index contributed by atoms with van der Waals surface area (Å²) < 4.78 is 8.18. The maximum absolute atomic E-state index is 11.5. The summed E-state index contributed by atoms with van der Waals surface area (Å²) >= 11 is 0. The van der Waals surface area contributed by atoms with Gasteiger partial charge in [0.25, 0.3) is 0 Å². The Balaban J connectivity index is 1.55. The van der Waals surface area contributed by atoms with Gasteiger partial charge in [-0.2, -0.15) is 0 Å². The Hall–Kier alpha value is -3.60. The number of hydrogen-bond acceptors (Lipinski definition) is 3. The first-order valence-electron chi connectivity index (χ1n) is 9.21. The third-order valence-corrected chi connectivity index (χ3v) is 4.66. The molecule has 0 radical (unpaired) electrons. The standard InChI is InChI=1S/C23H21N3O2/c1-2-23(27)24-16-22-25-19-11-5-6-12-20(19)26(22)14-15-28-21-13-7-9-17-8-3-4-10-18(17)21/h2-13H,1,14-16H2,(H,24,27). The van der Waals surface area contributed by atoms with E-state index in [9.17, 15) is 4.79 Å². The second kappa shape index (κ2) is 7.96. The van der Waals surface area contributed by atoms with Crippen molar-refractivity contribution in [1.82, 2.24) is 14.9 Å². The zero-order valence-electron chi connectivity index (χ0n) is 15.5. The number of amides is 1. The Kier molecular flexibility index (Phi) is 5.06. The number of ether oxygens (including phenoxy) is 1. The second-order valence-corrected chi connectivity index (χ2v) is 6.42. The normalized spacial score (nSPS) is 10.9. The number of nitrogens with zero attached hydrogens (tertiary/aromatic N) is 2. The topological polar surface area (TPSA) is 56.2 Å². The van der Waals surface area contributed by atoms with E-state index in [-0.39, 0.29) is 5.91 Å². The third-order valence-electron chi connectivity index (χ3n) is 4.66. The highest BCUT2D eigenvalue weighted by atomic mass is 16.5. The molecule has 0 aliphatic heterocycles. The number of hydrogen-bond donors (Lipinski definition) is 1. The number of carbonyl (C=O) groups excluding carboxylic acids is 1. The van der Waals surface area contributed by atoms with E-state index >= 15 is 0 Å². The Morgan fingerprint density at radius 2 is 1.86 bits per heavy atom. The zero-order chi connectivity index (χ0) is 19.3. The average Bonchev–Trinajstić information content (AvgIpc) is 3.10. The van der Waals surface area contributed by atoms with Crippen LogP contribution in [0.1, 0.15) is 5.82 Å². The minimum atomic E-state index is -0.217. The number of fused-ring (bicyclic) bond motifs is 2. The van der Waals surface area contributed by atoms with Crippen molar-refractivity contribution in [1.29, 1.82) is 0 Å². The van der Waals surface area contributed by atoms with Crippen LogP contribution in [-0.4, -0.2) is 22.1 Å². The van der Waals surface area contributed by atoms with Crippen molar-refractivity contribution in [3.8, 4) is 5.75 Å². The molecule has 0 aliphatic carbocycles. The lowest BCUT2D eigenvalue weighted by atomic mass is 10.1. The van der Waals surface area contributed by atoms with Crippen molar-refractivity contribution < 1.29 is 9.53 Å². The maximum atomic E-state index is 11.5. The number of carbonyl (C=O) groups is 1. The molecular weight excluding hydrogens is 350 g/mol. The molecule has 1 N–H and O–H groups in total. The van der Waals surface area contributed by atoms with E-state index < -0.39 is 0 Å². The fourth-order valence-electron chi connectivity index (χ4n) is 3.32. The molecule has 0 bridgehead atoms. The molecule has 1 amide bonds. The number of para-hydroxylation sites is 2. The molecule has 28 heavy (non-hydrogen) atoms. The molecule has 3 aromatic carbocycles. The van der Waals surface area contributed by atoms with E-state index in [1.807, 2.05) is 48.5 Å². The van der Waals surface area contributed by atoms with Crippen LogP contribution in [0.3, 0.4) is 0 Å². The lowest BCUT2D eigenvalue weighted by molar-refractivity contribution is -0.116. The highest BCUT2D eigenvalue weighted by molar-refractivity contribution is 5.88. The van der Waals surface area contributed by atoms with Gasteiger partial charge in [0, 0.05) is 5.39 Å². The van der Waals surface area contributed by atoms with Crippen LogP contribution in [-0.2, 0) is 17.9 Å². The summed E-state index contributed by atoms with van der Waals surface area (Å²) in [6.45, 7) is 4.95. The first kappa shape index (κ1) is 17.8. The van der Waals surface area contributed by atoms with Crippen molar-refractivity contribution in [2.45, 2.75) is 13.1 Å². The quantitative estimate of drug-likeness (QED) is 0.498. The molecule has 4 aromatic rings. The molecule has 0 atom stereocenters. The first-order valence-corrected chi connectivity index (χ1v) is 9.21. The molecule has 140 valence electrons. The number of rotatable bonds is 7. The smallest absolute Gasteiger partial charge is 0.243 e. The van der Waals surface area contributed by atoms with Gasteiger partial charge in [0.1, 0.15) is 18.2 Å². The lowest BCUT2D eigenvalue weighted by Gasteiger charge is -2.12. The largest absolute Gasteiger partial charge is 0.491 e. The van der Waals surface area contributed by atoms with E-state index in [4.69, 9.17) is 4.74 Å². The van der Waals surface area contributed by atoms with Crippen molar-refractivity contribution in [3.05, 3.63) is 85.2 Å². The Morgan fingerprint density at radius 3 is 2.75 bits per heavy atom. The summed E-state index contributed by atoms with van der Waals surface area (Å²) in [5.41, 5.74) is 1.92. The molecular formula is C23H21N3O2. The zero-order valence-corrected chi connectivity index (χ0v) is 15.5. The molecule has 0 saturated carbocycles. The predicted octanol–water partition coefficient (Wildman–Crippen LogP) is 4.07. The van der Waals surface area contributed by atoms with Crippen LogP contribution in [0.5, 0.6) is 5.75 Å². The van der Waals surface area contributed by atoms with Gasteiger partial charge in [-0.05, 0) is 29.7 Å². The average molecular weight is 371 g/mol. The lowest BCUT2D eigenvalue weighted by Crippen LogP contribution is -2.23. The first-order chi connectivity index (χ1) is 13.8. The van der Waals surface area contributed by atoms with Gasteiger partial charge in [-0.15, -0.1) is 0 Å². The predicted molar refractivity (Wildman–Crippen MR) is 111 cm³/mol. The Morgan fingerprint density at radius 1 is 1.07 bits per heavy atom. The fraction of sp³-hybridized carbons (Fsp3) is 0.130. The molecule has 5 nitrogen and oxygen atoms in total. The van der Waals surface area contributed by atoms with Crippen LogP contribution in [0, 0.1) is 0 Å². The summed E-state index contributed by atoms with van der Waals surface area (Å²) in [6, 6.07) is 22.2. The van der Waals surface area contributed by atoms with Gasteiger partial charge in [0.05, 0.1) is 24.1 Å². The summed E-state index contributed by atoms with van der Waals surface area (Å²) in [4.78, 5) is 16.2. The van der Waals surface area contributed by atoms with Gasteiger partial charge in [-0.25, -0.2) is 4.98 Å². The molecule has 4 rings (SSSR count). The monoisotopic (exact) mass is 371 g/mol. The number of benzene rings is 3. The van der Waals surface area contributed by atoms with Crippen LogP contribution in [0.4, 0.5) is 0 Å². The van der Waals surface area contributed by atoms with E-state index in [0.717, 1.165) is 33.4 Å². The number of imidazole rings is 1. The van der Waals surface area contributed by atoms with E-state index in [2.05, 4.69) is 39.6 Å². The van der Waals surface area contributed by atoms with Crippen LogP contribution in [0.15, 0.2) is 79.4 Å².